The van der Waals surface area contributed by atoms with E-state index >= 15 is 0 Å². The van der Waals surface area contributed by atoms with Gasteiger partial charge in [0.25, 0.3) is 0 Å². The molecule has 0 aliphatic heterocycles. The number of benzene rings is 1. The normalized spacial score (nSPS) is 10.3. The van der Waals surface area contributed by atoms with Crippen molar-refractivity contribution in [2.75, 3.05) is 6.61 Å². The molecular weight excluding hydrogens is 258 g/mol. The molecule has 1 N–H and O–H groups in total. The first kappa shape index (κ1) is 13.9. The van der Waals surface area contributed by atoms with Gasteiger partial charge in [0.2, 0.25) is 5.43 Å². The minimum atomic E-state index is -0.726. The zero-order valence-corrected chi connectivity index (χ0v) is 11.3. The number of nitrogens with zero attached hydrogens (tertiary/aromatic N) is 1. The number of aromatic hydroxyl groups is 1. The van der Waals surface area contributed by atoms with E-state index in [-0.39, 0.29) is 12.2 Å². The molecule has 0 amide bonds. The lowest BCUT2D eigenvalue weighted by molar-refractivity contribution is 0.0522. The van der Waals surface area contributed by atoms with Crippen LogP contribution >= 0.6 is 0 Å². The molecule has 5 nitrogen and oxygen atoms in total. The Morgan fingerprint density at radius 2 is 1.95 bits per heavy atom. The van der Waals surface area contributed by atoms with Gasteiger partial charge in [0, 0.05) is 11.4 Å². The van der Waals surface area contributed by atoms with Crippen molar-refractivity contribution >= 4 is 5.97 Å². The summed E-state index contributed by atoms with van der Waals surface area (Å²) < 4.78 is 6.46. The predicted octanol–water partition coefficient (Wildman–Crippen LogP) is 2.03. The summed E-state index contributed by atoms with van der Waals surface area (Å²) in [6.45, 7) is 3.46. The summed E-state index contributed by atoms with van der Waals surface area (Å²) in [6, 6.07) is 9.13. The Kier molecular flexibility index (Phi) is 3.89. The van der Waals surface area contributed by atoms with Crippen molar-refractivity contribution in [2.45, 2.75) is 13.8 Å². The van der Waals surface area contributed by atoms with Gasteiger partial charge in [0.05, 0.1) is 12.8 Å². The molecule has 0 bridgehead atoms. The van der Waals surface area contributed by atoms with Crippen molar-refractivity contribution in [1.82, 2.24) is 4.57 Å². The summed E-state index contributed by atoms with van der Waals surface area (Å²) in [5, 5.41) is 9.74. The lowest BCUT2D eigenvalue weighted by Gasteiger charge is -2.14. The third-order valence-electron chi connectivity index (χ3n) is 2.95. The molecule has 0 fully saturated rings. The highest BCUT2D eigenvalue weighted by Crippen LogP contribution is 2.17. The van der Waals surface area contributed by atoms with E-state index < -0.39 is 17.1 Å². The molecule has 1 heterocycles. The largest absolute Gasteiger partial charge is 0.503 e. The molecule has 0 aliphatic rings. The first-order valence-electron chi connectivity index (χ1n) is 6.24. The number of rotatable bonds is 3. The standard InChI is InChI=1S/C15H15NO4/c1-3-20-15(19)13-10(2)16(9-12(17)14(13)18)11-7-5-4-6-8-11/h4-9,17H,3H2,1-2H3. The van der Waals surface area contributed by atoms with Gasteiger partial charge in [-0.05, 0) is 26.0 Å². The predicted molar refractivity (Wildman–Crippen MR) is 74.4 cm³/mol. The second-order valence-electron chi connectivity index (χ2n) is 4.23. The van der Waals surface area contributed by atoms with Gasteiger partial charge in [-0.25, -0.2) is 4.79 Å². The number of hydrogen-bond acceptors (Lipinski definition) is 4. The molecule has 0 atom stereocenters. The maximum Gasteiger partial charge on any atom is 0.344 e. The third-order valence-corrected chi connectivity index (χ3v) is 2.95. The van der Waals surface area contributed by atoms with Gasteiger partial charge in [0.1, 0.15) is 5.56 Å². The van der Waals surface area contributed by atoms with Crippen LogP contribution in [0.15, 0.2) is 41.3 Å². The van der Waals surface area contributed by atoms with Crippen LogP contribution in [0.4, 0.5) is 0 Å². The molecular formula is C15H15NO4. The molecule has 0 radical (unpaired) electrons. The van der Waals surface area contributed by atoms with E-state index in [1.807, 2.05) is 30.3 Å². The molecule has 2 rings (SSSR count). The second kappa shape index (κ2) is 5.61. The zero-order valence-electron chi connectivity index (χ0n) is 11.3. The average Bonchev–Trinajstić information content (AvgIpc) is 2.44. The number of esters is 1. The number of ether oxygens (including phenoxy) is 1. The van der Waals surface area contributed by atoms with Gasteiger partial charge in [-0.3, -0.25) is 4.79 Å². The molecule has 20 heavy (non-hydrogen) atoms. The molecule has 0 aliphatic carbocycles. The summed E-state index contributed by atoms with van der Waals surface area (Å²) in [5.41, 5.74) is 0.312. The first-order valence-corrected chi connectivity index (χ1v) is 6.24. The summed E-state index contributed by atoms with van der Waals surface area (Å²) in [7, 11) is 0. The Balaban J connectivity index is 2.68. The molecule has 104 valence electrons. The van der Waals surface area contributed by atoms with Crippen LogP contribution in [0, 0.1) is 6.92 Å². The van der Waals surface area contributed by atoms with Crippen LogP contribution < -0.4 is 5.43 Å². The smallest absolute Gasteiger partial charge is 0.344 e. The fraction of sp³-hybridized carbons (Fsp3) is 0.200. The third kappa shape index (κ3) is 2.42. The minimum Gasteiger partial charge on any atom is -0.503 e. The number of hydrogen-bond donors (Lipinski definition) is 1. The van der Waals surface area contributed by atoms with Gasteiger partial charge in [-0.15, -0.1) is 0 Å². The second-order valence-corrected chi connectivity index (χ2v) is 4.23. The van der Waals surface area contributed by atoms with Crippen LogP contribution in [0.5, 0.6) is 5.75 Å². The maximum absolute atomic E-state index is 11.9. The molecule has 0 saturated carbocycles. The topological polar surface area (TPSA) is 68.5 Å². The monoisotopic (exact) mass is 273 g/mol. The molecule has 0 saturated heterocycles. The van der Waals surface area contributed by atoms with Gasteiger partial charge < -0.3 is 14.4 Å². The highest BCUT2D eigenvalue weighted by atomic mass is 16.5. The van der Waals surface area contributed by atoms with Crippen LogP contribution in [-0.4, -0.2) is 22.2 Å². The van der Waals surface area contributed by atoms with E-state index in [9.17, 15) is 14.7 Å². The SMILES string of the molecule is CCOC(=O)c1c(C)n(-c2ccccc2)cc(O)c1=O. The number of carbonyl (C=O) groups excluding carboxylic acids is 1. The Morgan fingerprint density at radius 1 is 1.30 bits per heavy atom. The molecule has 1 aromatic heterocycles. The maximum atomic E-state index is 11.9. The van der Waals surface area contributed by atoms with Crippen molar-refractivity contribution in [1.29, 1.82) is 0 Å². The van der Waals surface area contributed by atoms with Crippen LogP contribution in [0.25, 0.3) is 5.69 Å². The molecule has 0 unspecified atom stereocenters. The number of pyridine rings is 1. The van der Waals surface area contributed by atoms with Crippen molar-refractivity contribution in [3.8, 4) is 11.4 Å². The van der Waals surface area contributed by atoms with E-state index in [1.54, 1.807) is 18.4 Å². The Bertz CT molecular complexity index is 689. The van der Waals surface area contributed by atoms with Crippen LogP contribution in [0.3, 0.4) is 0 Å². The van der Waals surface area contributed by atoms with Crippen molar-refractivity contribution in [3.63, 3.8) is 0 Å². The molecule has 5 heteroatoms. The zero-order chi connectivity index (χ0) is 14.7. The van der Waals surface area contributed by atoms with Gasteiger partial charge in [-0.2, -0.15) is 0 Å². The molecule has 1 aromatic carbocycles. The summed E-state index contributed by atoms with van der Waals surface area (Å²) in [6.07, 6.45) is 1.30. The van der Waals surface area contributed by atoms with E-state index in [4.69, 9.17) is 4.74 Å². The summed E-state index contributed by atoms with van der Waals surface area (Å²) in [4.78, 5) is 23.8. The van der Waals surface area contributed by atoms with E-state index in [0.29, 0.717) is 5.69 Å². The Labute approximate surface area is 116 Å². The van der Waals surface area contributed by atoms with Crippen LogP contribution in [0.2, 0.25) is 0 Å². The van der Waals surface area contributed by atoms with Crippen molar-refractivity contribution in [2.24, 2.45) is 0 Å². The molecule has 2 aromatic rings. The Hall–Kier alpha value is -2.56. The van der Waals surface area contributed by atoms with Gasteiger partial charge >= 0.3 is 5.97 Å². The lowest BCUT2D eigenvalue weighted by atomic mass is 10.1. The number of para-hydroxylation sites is 1. The minimum absolute atomic E-state index is 0.143. The van der Waals surface area contributed by atoms with Gasteiger partial charge in [-0.1, -0.05) is 18.2 Å². The summed E-state index contributed by atoms with van der Waals surface area (Å²) in [5.74, 6) is -1.21. The van der Waals surface area contributed by atoms with Gasteiger partial charge in [0.15, 0.2) is 5.75 Å². The summed E-state index contributed by atoms with van der Waals surface area (Å²) >= 11 is 0. The van der Waals surface area contributed by atoms with Crippen molar-refractivity contribution < 1.29 is 14.6 Å². The van der Waals surface area contributed by atoms with Crippen LogP contribution in [0.1, 0.15) is 23.0 Å². The quantitative estimate of drug-likeness (QED) is 0.869. The Morgan fingerprint density at radius 3 is 2.55 bits per heavy atom. The number of aromatic nitrogens is 1. The van der Waals surface area contributed by atoms with E-state index in [2.05, 4.69) is 0 Å². The highest BCUT2D eigenvalue weighted by molar-refractivity contribution is 5.91. The van der Waals surface area contributed by atoms with Crippen LogP contribution in [-0.2, 0) is 4.74 Å². The van der Waals surface area contributed by atoms with E-state index in [1.165, 1.54) is 6.20 Å². The fourth-order valence-electron chi connectivity index (χ4n) is 1.99. The number of carbonyl (C=O) groups is 1. The first-order chi connectivity index (χ1) is 9.56. The van der Waals surface area contributed by atoms with E-state index in [0.717, 1.165) is 5.69 Å². The van der Waals surface area contributed by atoms with Crippen molar-refractivity contribution in [3.05, 3.63) is 58.0 Å². The average molecular weight is 273 g/mol. The molecule has 0 spiro atoms. The highest BCUT2D eigenvalue weighted by Gasteiger charge is 2.20. The lowest BCUT2D eigenvalue weighted by Crippen LogP contribution is -2.22. The fourth-order valence-corrected chi connectivity index (χ4v) is 1.99.